The summed E-state index contributed by atoms with van der Waals surface area (Å²) in [5, 5.41) is 0.194. The minimum absolute atomic E-state index is 0.0988. The molecule has 0 nitrogen and oxygen atoms in total. The molecular weight excluding hydrogens is 616 g/mol. The number of hydrogen-bond donors (Lipinski definition) is 0. The Morgan fingerprint density at radius 1 is 0.636 bits per heavy atom. The fourth-order valence-corrected chi connectivity index (χ4v) is 0. The van der Waals surface area contributed by atoms with E-state index in [1.54, 1.807) is 0 Å². The Morgan fingerprint density at radius 3 is 0.727 bits per heavy atom. The zero-order valence-corrected chi connectivity index (χ0v) is 21.2. The van der Waals surface area contributed by atoms with Crippen molar-refractivity contribution < 1.29 is 0 Å². The van der Waals surface area contributed by atoms with Crippen LogP contribution < -0.4 is 0 Å². The third kappa shape index (κ3) is 155. The van der Waals surface area contributed by atoms with Crippen molar-refractivity contribution in [1.82, 2.24) is 0 Å². The number of rotatable bonds is 1. The van der Waals surface area contributed by atoms with E-state index in [9.17, 15) is 0 Å². The van der Waals surface area contributed by atoms with Crippen molar-refractivity contribution in [3.05, 3.63) is 8.98 Å². The third-order valence-corrected chi connectivity index (χ3v) is 1.93. The second-order valence-corrected chi connectivity index (χ2v) is 10.5. The summed E-state index contributed by atoms with van der Waals surface area (Å²) < 4.78 is -2.56. The molecule has 0 bridgehead atoms. The molecule has 0 saturated heterocycles. The predicted octanol–water partition coefficient (Wildman–Crippen LogP) is 10.5. The summed E-state index contributed by atoms with van der Waals surface area (Å²) in [5.41, 5.74) is 0. The van der Waals surface area contributed by atoms with Gasteiger partial charge in [0.2, 0.25) is 0 Å². The van der Waals surface area contributed by atoms with Gasteiger partial charge in [0.25, 0.3) is 3.25 Å². The fourth-order valence-electron chi connectivity index (χ4n) is 0. The quantitative estimate of drug-likeness (QED) is 0.255. The molecule has 0 aromatic rings. The van der Waals surface area contributed by atoms with Crippen molar-refractivity contribution in [3.63, 3.8) is 0 Å². The molecule has 0 saturated carbocycles. The molecule has 0 radical (unpaired) electrons. The molecule has 0 aliphatic heterocycles. The molecule has 0 unspecified atom stereocenters. The number of alkyl halides is 11. The van der Waals surface area contributed by atoms with Gasteiger partial charge in [-0.25, -0.2) is 0 Å². The van der Waals surface area contributed by atoms with Gasteiger partial charge in [0.05, 0.1) is 5.34 Å². The molecule has 0 amide bonds. The lowest BCUT2D eigenvalue weighted by Gasteiger charge is -1.91. The first-order valence-electron chi connectivity index (χ1n) is 3.99. The van der Waals surface area contributed by atoms with E-state index in [2.05, 4.69) is 0 Å². The van der Waals surface area contributed by atoms with Crippen molar-refractivity contribution >= 4 is 174 Å². The van der Waals surface area contributed by atoms with E-state index >= 15 is 0 Å². The van der Waals surface area contributed by atoms with Crippen molar-refractivity contribution in [1.29, 1.82) is 0 Å². The van der Waals surface area contributed by atoms with Crippen LogP contribution in [0.1, 0.15) is 0 Å². The van der Waals surface area contributed by atoms with Crippen molar-refractivity contribution in [2.45, 2.75) is 7.55 Å². The Labute approximate surface area is 205 Å². The molecule has 0 spiro atoms. The van der Waals surface area contributed by atoms with Gasteiger partial charge in [0.1, 0.15) is 8.98 Å². The van der Waals surface area contributed by atoms with Crippen LogP contribution in [0.5, 0.6) is 0 Å². The van der Waals surface area contributed by atoms with Crippen molar-refractivity contribution in [2.75, 3.05) is 17.1 Å². The van der Waals surface area contributed by atoms with Gasteiger partial charge >= 0.3 is 0 Å². The van der Waals surface area contributed by atoms with E-state index in [0.29, 0.717) is 11.8 Å². The molecule has 0 aromatic heterocycles. The topological polar surface area (TPSA) is 0 Å². The second kappa shape index (κ2) is 29.8. The molecule has 140 valence electrons. The van der Waals surface area contributed by atoms with E-state index in [1.165, 1.54) is 0 Å². The van der Waals surface area contributed by atoms with Crippen LogP contribution >= 0.6 is 174 Å². The Kier molecular flexibility index (Phi) is 50.1. The molecule has 0 fully saturated rings. The van der Waals surface area contributed by atoms with Gasteiger partial charge in [-0.3, -0.25) is 0 Å². The van der Waals surface area contributed by atoms with Crippen LogP contribution in [0.3, 0.4) is 0 Å². The largest absolute Gasteiger partial charge is 0.266 e. The summed E-state index contributed by atoms with van der Waals surface area (Å²) in [6, 6.07) is 0. The van der Waals surface area contributed by atoms with E-state index in [-0.39, 0.29) is 14.3 Å². The molecule has 0 atom stereocenters. The Hall–Kier alpha value is 4.09. The first kappa shape index (κ1) is 36.9. The van der Waals surface area contributed by atoms with E-state index in [4.69, 9.17) is 174 Å². The van der Waals surface area contributed by atoms with Gasteiger partial charge in [-0.2, -0.15) is 0 Å². The first-order valence-corrected chi connectivity index (χ1v) is 10.5. The third-order valence-electron chi connectivity index (χ3n) is 0.214. The Balaban J connectivity index is -0.0000000559. The van der Waals surface area contributed by atoms with Gasteiger partial charge in [0.15, 0.2) is 4.30 Å². The molecule has 0 aliphatic carbocycles. The normalized spacial score (nSPS) is 8.73. The number of hydrogen-bond acceptors (Lipinski definition) is 0. The van der Waals surface area contributed by atoms with E-state index in [1.807, 2.05) is 0 Å². The maximum atomic E-state index is 5.05. The van der Waals surface area contributed by atoms with Gasteiger partial charge < -0.3 is 0 Å². The van der Waals surface area contributed by atoms with Crippen LogP contribution in [-0.2, 0) is 0 Å². The summed E-state index contributed by atoms with van der Waals surface area (Å²) in [4.78, 5) is 0. The van der Waals surface area contributed by atoms with Crippen LogP contribution in [0.4, 0.5) is 0 Å². The summed E-state index contributed by atoms with van der Waals surface area (Å²) in [5.74, 6) is 1.11. The smallest absolute Gasteiger partial charge is 0.125 e. The molecule has 0 N–H and O–H groups in total. The van der Waals surface area contributed by atoms with Crippen molar-refractivity contribution in [2.24, 2.45) is 0 Å². The van der Waals surface area contributed by atoms with Gasteiger partial charge in [-0.05, 0) is 0 Å². The Bertz CT molecular complexity index is 180. The lowest BCUT2D eigenvalue weighted by molar-refractivity contribution is 1.52. The average molecular weight is 623 g/mol. The van der Waals surface area contributed by atoms with Gasteiger partial charge in [0, 0.05) is 11.8 Å². The van der Waals surface area contributed by atoms with Crippen LogP contribution in [0.2, 0.25) is 0 Å². The average Bonchev–Trinajstić information content (AvgIpc) is 2.27. The van der Waals surface area contributed by atoms with Crippen LogP contribution in [0, 0.1) is 0 Å². The fraction of sp³-hybridized carbons (Fsp3) is 0.714. The molecule has 0 aliphatic rings. The minimum Gasteiger partial charge on any atom is -0.125 e. The van der Waals surface area contributed by atoms with E-state index < -0.39 is 7.55 Å². The van der Waals surface area contributed by atoms with Crippen LogP contribution in [0.25, 0.3) is 0 Å². The van der Waals surface area contributed by atoms with Crippen LogP contribution in [-0.4, -0.2) is 24.6 Å². The highest BCUT2D eigenvalue weighted by Gasteiger charge is 2.11. The molecule has 0 rings (SSSR count). The second-order valence-electron chi connectivity index (χ2n) is 1.68. The van der Waals surface area contributed by atoms with Gasteiger partial charge in [-0.15, -0.1) is 46.4 Å². The zero-order chi connectivity index (χ0) is 19.4. The standard InChI is InChI=1S/C2Cl4.C2H4Cl2.CCl4.CHCl3.CH2Cl2/c3-1(4)2(5)6;3-1-2-4;2-1(3,4)5;2-1(3)4;2-1-3/h;1-2H2;;1H;1H2. The SMILES string of the molecule is ClC(Cl)(Cl)Cl.ClC(Cl)=C(Cl)Cl.ClC(Cl)Cl.ClCCCl.ClCCl. The summed E-state index contributed by atoms with van der Waals surface area (Å²) in [6.45, 7) is 0. The lowest BCUT2D eigenvalue weighted by Crippen LogP contribution is -1.81. The predicted molar refractivity (Wildman–Crippen MR) is 116 cm³/mol. The monoisotopic (exact) mass is 616 g/mol. The Morgan fingerprint density at radius 2 is 0.727 bits per heavy atom. The summed E-state index contributed by atoms with van der Waals surface area (Å²) in [6.07, 6.45) is 0. The summed E-state index contributed by atoms with van der Waals surface area (Å²) in [7, 11) is 0. The van der Waals surface area contributed by atoms with Crippen LogP contribution in [0.15, 0.2) is 8.98 Å². The lowest BCUT2D eigenvalue weighted by atomic mass is 11.0. The minimum atomic E-state index is -1.61. The summed E-state index contributed by atoms with van der Waals surface area (Å²) >= 11 is 73.3. The molecule has 22 heavy (non-hydrogen) atoms. The van der Waals surface area contributed by atoms with E-state index in [0.717, 1.165) is 0 Å². The molecular formula is C7H7Cl15. The highest BCUT2D eigenvalue weighted by atomic mass is 35.6. The first-order chi connectivity index (χ1) is 9.70. The highest BCUT2D eigenvalue weighted by molar-refractivity contribution is 6.83. The van der Waals surface area contributed by atoms with Crippen molar-refractivity contribution in [3.8, 4) is 0 Å². The maximum absolute atomic E-state index is 5.05. The molecule has 0 heterocycles. The highest BCUT2D eigenvalue weighted by Crippen LogP contribution is 2.29. The maximum Gasteiger partial charge on any atom is 0.266 e. The molecule has 0 aromatic carbocycles. The molecule has 15 heteroatoms. The zero-order valence-electron chi connectivity index (χ0n) is 9.87. The number of halogens is 15. The van der Waals surface area contributed by atoms with Gasteiger partial charge in [-0.1, -0.05) is 128 Å².